The zero-order chi connectivity index (χ0) is 13.1. The summed E-state index contributed by atoms with van der Waals surface area (Å²) < 4.78 is 2.34. The van der Waals surface area contributed by atoms with Gasteiger partial charge in [0.15, 0.2) is 0 Å². The Hall–Kier alpha value is -1.82. The summed E-state index contributed by atoms with van der Waals surface area (Å²) in [5, 5.41) is 2.72. The molecule has 0 saturated heterocycles. The predicted octanol–water partition coefficient (Wildman–Crippen LogP) is 2.21. The number of nitrogens with zero attached hydrogens (tertiary/aromatic N) is 1. The van der Waals surface area contributed by atoms with Crippen LogP contribution in [0.4, 0.5) is 5.69 Å². The second kappa shape index (κ2) is 5.22. The highest BCUT2D eigenvalue weighted by molar-refractivity contribution is 9.10. The number of H-pyrrole nitrogens is 1. The molecule has 2 aromatic heterocycles. The number of aromatic nitrogens is 2. The van der Waals surface area contributed by atoms with E-state index in [4.69, 9.17) is 0 Å². The first-order valence-corrected chi connectivity index (χ1v) is 6.25. The van der Waals surface area contributed by atoms with Crippen molar-refractivity contribution >= 4 is 27.5 Å². The maximum atomic E-state index is 11.9. The van der Waals surface area contributed by atoms with Gasteiger partial charge >= 0.3 is 0 Å². The van der Waals surface area contributed by atoms with Gasteiger partial charge in [0, 0.05) is 29.5 Å². The largest absolute Gasteiger partial charge is 0.356 e. The van der Waals surface area contributed by atoms with Gasteiger partial charge in [0.05, 0.1) is 5.69 Å². The van der Waals surface area contributed by atoms with E-state index in [-0.39, 0.29) is 11.5 Å². The van der Waals surface area contributed by atoms with Crippen LogP contribution in [-0.4, -0.2) is 15.5 Å². The van der Waals surface area contributed by atoms with Crippen molar-refractivity contribution in [1.29, 1.82) is 0 Å². The monoisotopic (exact) mass is 309 g/mol. The first-order chi connectivity index (χ1) is 8.60. The Morgan fingerprint density at radius 2 is 2.28 bits per heavy atom. The standard InChI is InChI=1S/C12H12BrN3O2/c1-2-16-7-9(3-4-11(16)17)15-12(18)10-5-8(13)6-14-10/h3-7,14H,2H2,1H3,(H,15,18). The molecule has 0 atom stereocenters. The highest BCUT2D eigenvalue weighted by atomic mass is 79.9. The molecule has 0 bridgehead atoms. The summed E-state index contributed by atoms with van der Waals surface area (Å²) in [7, 11) is 0. The number of carbonyl (C=O) groups is 1. The van der Waals surface area contributed by atoms with E-state index < -0.39 is 0 Å². The number of nitrogens with one attached hydrogen (secondary N) is 2. The van der Waals surface area contributed by atoms with Gasteiger partial charge in [-0.3, -0.25) is 9.59 Å². The van der Waals surface area contributed by atoms with E-state index in [0.29, 0.717) is 17.9 Å². The number of rotatable bonds is 3. The number of aryl methyl sites for hydroxylation is 1. The van der Waals surface area contributed by atoms with Gasteiger partial charge in [-0.25, -0.2) is 0 Å². The SMILES string of the molecule is CCn1cc(NC(=O)c2cc(Br)c[nH]2)ccc1=O. The van der Waals surface area contributed by atoms with E-state index in [1.807, 2.05) is 6.92 Å². The predicted molar refractivity (Wildman–Crippen MR) is 72.8 cm³/mol. The van der Waals surface area contributed by atoms with Crippen molar-refractivity contribution in [2.45, 2.75) is 13.5 Å². The van der Waals surface area contributed by atoms with E-state index in [9.17, 15) is 9.59 Å². The first-order valence-electron chi connectivity index (χ1n) is 5.46. The molecular weight excluding hydrogens is 298 g/mol. The molecule has 6 heteroatoms. The summed E-state index contributed by atoms with van der Waals surface area (Å²) >= 11 is 3.26. The molecule has 1 amide bonds. The third kappa shape index (κ3) is 2.70. The van der Waals surface area contributed by atoms with Crippen LogP contribution in [0.2, 0.25) is 0 Å². The first kappa shape index (κ1) is 12.6. The highest BCUT2D eigenvalue weighted by Crippen LogP contribution is 2.12. The molecule has 0 aliphatic rings. The van der Waals surface area contributed by atoms with E-state index in [0.717, 1.165) is 4.47 Å². The van der Waals surface area contributed by atoms with Crippen molar-refractivity contribution in [2.24, 2.45) is 0 Å². The minimum Gasteiger partial charge on any atom is -0.356 e. The number of pyridine rings is 1. The molecule has 2 aromatic rings. The molecular formula is C12H12BrN3O2. The van der Waals surface area contributed by atoms with Crippen LogP contribution in [0.3, 0.4) is 0 Å². The van der Waals surface area contributed by atoms with Gasteiger partial charge in [-0.15, -0.1) is 0 Å². The van der Waals surface area contributed by atoms with Crippen LogP contribution >= 0.6 is 15.9 Å². The summed E-state index contributed by atoms with van der Waals surface area (Å²) in [5.41, 5.74) is 0.960. The Bertz CT molecular complexity index is 630. The Labute approximate surface area is 112 Å². The molecule has 0 aromatic carbocycles. The van der Waals surface area contributed by atoms with Crippen LogP contribution in [0.15, 0.2) is 39.9 Å². The fraction of sp³-hybridized carbons (Fsp3) is 0.167. The van der Waals surface area contributed by atoms with Crippen molar-refractivity contribution in [1.82, 2.24) is 9.55 Å². The molecule has 2 N–H and O–H groups in total. The fourth-order valence-corrected chi connectivity index (χ4v) is 1.89. The second-order valence-electron chi connectivity index (χ2n) is 3.73. The minimum atomic E-state index is -0.248. The Kier molecular flexibility index (Phi) is 3.66. The van der Waals surface area contributed by atoms with Gasteiger partial charge < -0.3 is 14.9 Å². The second-order valence-corrected chi connectivity index (χ2v) is 4.64. The summed E-state index contributed by atoms with van der Waals surface area (Å²) in [6.45, 7) is 2.44. The lowest BCUT2D eigenvalue weighted by Gasteiger charge is -2.06. The lowest BCUT2D eigenvalue weighted by atomic mass is 10.3. The maximum Gasteiger partial charge on any atom is 0.272 e. The van der Waals surface area contributed by atoms with E-state index >= 15 is 0 Å². The van der Waals surface area contributed by atoms with Gasteiger partial charge in [0.1, 0.15) is 5.69 Å². The minimum absolute atomic E-state index is 0.0851. The molecule has 0 aliphatic carbocycles. The van der Waals surface area contributed by atoms with Crippen LogP contribution in [0.1, 0.15) is 17.4 Å². The Morgan fingerprint density at radius 3 is 2.89 bits per heavy atom. The van der Waals surface area contributed by atoms with Crippen LogP contribution in [0.25, 0.3) is 0 Å². The topological polar surface area (TPSA) is 66.9 Å². The van der Waals surface area contributed by atoms with Gasteiger partial charge in [0.2, 0.25) is 0 Å². The molecule has 0 radical (unpaired) electrons. The van der Waals surface area contributed by atoms with Crippen LogP contribution in [0, 0.1) is 0 Å². The van der Waals surface area contributed by atoms with Crippen molar-refractivity contribution in [2.75, 3.05) is 5.32 Å². The average Bonchev–Trinajstić information content (AvgIpc) is 2.78. The number of anilines is 1. The van der Waals surface area contributed by atoms with Gasteiger partial charge in [-0.2, -0.15) is 0 Å². The van der Waals surface area contributed by atoms with Crippen molar-refractivity contribution < 1.29 is 4.79 Å². The third-order valence-corrected chi connectivity index (χ3v) is 2.93. The van der Waals surface area contributed by atoms with Crippen LogP contribution in [-0.2, 0) is 6.54 Å². The maximum absolute atomic E-state index is 11.9. The third-order valence-electron chi connectivity index (χ3n) is 2.47. The van der Waals surface area contributed by atoms with Crippen molar-refractivity contribution in [3.63, 3.8) is 0 Å². The number of aromatic amines is 1. The van der Waals surface area contributed by atoms with Crippen molar-refractivity contribution in [3.05, 3.63) is 51.1 Å². The zero-order valence-electron chi connectivity index (χ0n) is 9.74. The zero-order valence-corrected chi connectivity index (χ0v) is 11.3. The highest BCUT2D eigenvalue weighted by Gasteiger charge is 2.08. The molecule has 2 heterocycles. The van der Waals surface area contributed by atoms with E-state index in [1.165, 1.54) is 10.6 Å². The molecule has 94 valence electrons. The fourth-order valence-electron chi connectivity index (χ4n) is 1.55. The molecule has 2 rings (SSSR count). The summed E-state index contributed by atoms with van der Waals surface area (Å²) in [6, 6.07) is 4.71. The van der Waals surface area contributed by atoms with E-state index in [2.05, 4.69) is 26.2 Å². The molecule has 0 aliphatic heterocycles. The molecule has 0 spiro atoms. The number of halogens is 1. The lowest BCUT2D eigenvalue weighted by molar-refractivity contribution is 0.102. The Morgan fingerprint density at radius 1 is 1.50 bits per heavy atom. The number of hydrogen-bond donors (Lipinski definition) is 2. The Balaban J connectivity index is 2.19. The molecule has 0 saturated carbocycles. The smallest absolute Gasteiger partial charge is 0.272 e. The summed E-state index contributed by atoms with van der Waals surface area (Å²) in [6.07, 6.45) is 3.31. The van der Waals surface area contributed by atoms with E-state index in [1.54, 1.807) is 24.5 Å². The van der Waals surface area contributed by atoms with Gasteiger partial charge in [-0.05, 0) is 35.0 Å². The average molecular weight is 310 g/mol. The number of carbonyl (C=O) groups excluding carboxylic acids is 1. The van der Waals surface area contributed by atoms with Gasteiger partial charge in [-0.1, -0.05) is 0 Å². The lowest BCUT2D eigenvalue weighted by Crippen LogP contribution is -2.19. The molecule has 18 heavy (non-hydrogen) atoms. The normalized spacial score (nSPS) is 10.3. The summed E-state index contributed by atoms with van der Waals surface area (Å²) in [4.78, 5) is 26.1. The van der Waals surface area contributed by atoms with Crippen LogP contribution in [0.5, 0.6) is 0 Å². The quantitative estimate of drug-likeness (QED) is 0.913. The summed E-state index contributed by atoms with van der Waals surface area (Å²) in [5.74, 6) is -0.248. The molecule has 5 nitrogen and oxygen atoms in total. The number of hydrogen-bond acceptors (Lipinski definition) is 2. The van der Waals surface area contributed by atoms with Crippen molar-refractivity contribution in [3.8, 4) is 0 Å². The number of amides is 1. The molecule has 0 unspecified atom stereocenters. The van der Waals surface area contributed by atoms with Crippen LogP contribution < -0.4 is 10.9 Å². The van der Waals surface area contributed by atoms with Gasteiger partial charge in [0.25, 0.3) is 11.5 Å². The molecule has 0 fully saturated rings.